The van der Waals surface area contributed by atoms with E-state index < -0.39 is 5.91 Å². The van der Waals surface area contributed by atoms with Crippen LogP contribution < -0.4 is 11.1 Å². The summed E-state index contributed by atoms with van der Waals surface area (Å²) in [7, 11) is 1.61. The van der Waals surface area contributed by atoms with Crippen LogP contribution in [-0.2, 0) is 13.6 Å². The standard InChI is InChI=1S/C20H18ClN5O2S/c1-11-17(18(19(22)27)25(2)24-11)23-20(28)15-9-16-14(7-8-29-16)26(15)10-12-5-3-4-6-13(12)21/h3-9H,10H2,1-2H3,(H2,22,27)(H,23,28). The lowest BCUT2D eigenvalue weighted by atomic mass is 10.2. The zero-order valence-corrected chi connectivity index (χ0v) is 17.3. The Hall–Kier alpha value is -3.10. The Labute approximate surface area is 175 Å². The molecule has 0 atom stereocenters. The molecule has 1 aromatic carbocycles. The van der Waals surface area contributed by atoms with Crippen molar-refractivity contribution in [3.05, 3.63) is 69.4 Å². The molecule has 0 aliphatic rings. The number of anilines is 1. The van der Waals surface area contributed by atoms with Crippen molar-refractivity contribution in [2.24, 2.45) is 12.8 Å². The predicted octanol–water partition coefficient (Wildman–Crippen LogP) is 3.80. The second kappa shape index (κ2) is 7.38. The minimum Gasteiger partial charge on any atom is -0.364 e. The molecule has 3 N–H and O–H groups in total. The van der Waals surface area contributed by atoms with Crippen molar-refractivity contribution < 1.29 is 9.59 Å². The lowest BCUT2D eigenvalue weighted by Gasteiger charge is -2.12. The van der Waals surface area contributed by atoms with E-state index in [4.69, 9.17) is 17.3 Å². The van der Waals surface area contributed by atoms with Gasteiger partial charge < -0.3 is 15.6 Å². The van der Waals surface area contributed by atoms with Crippen LogP contribution in [-0.4, -0.2) is 26.2 Å². The maximum atomic E-state index is 13.2. The molecule has 0 unspecified atom stereocenters. The van der Waals surface area contributed by atoms with Gasteiger partial charge >= 0.3 is 0 Å². The second-order valence-electron chi connectivity index (χ2n) is 6.63. The highest BCUT2D eigenvalue weighted by Crippen LogP contribution is 2.29. The fraction of sp³-hybridized carbons (Fsp3) is 0.150. The van der Waals surface area contributed by atoms with Crippen molar-refractivity contribution in [2.45, 2.75) is 13.5 Å². The number of rotatable bonds is 5. The summed E-state index contributed by atoms with van der Waals surface area (Å²) in [6.07, 6.45) is 0. The van der Waals surface area contributed by atoms with Crippen molar-refractivity contribution in [3.63, 3.8) is 0 Å². The Morgan fingerprint density at radius 2 is 2.03 bits per heavy atom. The molecule has 7 nitrogen and oxygen atoms in total. The molecule has 4 aromatic rings. The van der Waals surface area contributed by atoms with Gasteiger partial charge in [0.1, 0.15) is 11.4 Å². The SMILES string of the molecule is Cc1nn(C)c(C(N)=O)c1NC(=O)c1cc2sccc2n1Cc1ccccc1Cl. The summed E-state index contributed by atoms with van der Waals surface area (Å²) in [5, 5.41) is 9.62. The largest absolute Gasteiger partial charge is 0.364 e. The van der Waals surface area contributed by atoms with Gasteiger partial charge in [0.25, 0.3) is 11.8 Å². The van der Waals surface area contributed by atoms with Crippen molar-refractivity contribution >= 4 is 50.7 Å². The molecular weight excluding hydrogens is 410 g/mol. The third-order valence-electron chi connectivity index (χ3n) is 4.74. The third-order valence-corrected chi connectivity index (χ3v) is 5.96. The number of nitrogens with two attached hydrogens (primary N) is 1. The summed E-state index contributed by atoms with van der Waals surface area (Å²) in [4.78, 5) is 25.0. The molecule has 3 heterocycles. The van der Waals surface area contributed by atoms with E-state index in [0.717, 1.165) is 15.8 Å². The highest BCUT2D eigenvalue weighted by atomic mass is 35.5. The number of hydrogen-bond donors (Lipinski definition) is 2. The van der Waals surface area contributed by atoms with Crippen LogP contribution >= 0.6 is 22.9 Å². The van der Waals surface area contributed by atoms with Crippen LogP contribution in [0.1, 0.15) is 32.2 Å². The first kappa shape index (κ1) is 19.2. The van der Waals surface area contributed by atoms with Gasteiger partial charge in [0.2, 0.25) is 0 Å². The maximum absolute atomic E-state index is 13.2. The fourth-order valence-electron chi connectivity index (χ4n) is 3.40. The van der Waals surface area contributed by atoms with Crippen molar-refractivity contribution in [2.75, 3.05) is 5.32 Å². The van der Waals surface area contributed by atoms with Crippen LogP contribution in [0.2, 0.25) is 5.02 Å². The molecule has 4 rings (SSSR count). The Morgan fingerprint density at radius 1 is 1.28 bits per heavy atom. The number of fused-ring (bicyclic) bond motifs is 1. The second-order valence-corrected chi connectivity index (χ2v) is 7.98. The van der Waals surface area contributed by atoms with Gasteiger partial charge in [0, 0.05) is 18.6 Å². The molecule has 0 radical (unpaired) electrons. The number of nitrogens with one attached hydrogen (secondary N) is 1. The molecule has 3 aromatic heterocycles. The molecule has 29 heavy (non-hydrogen) atoms. The molecular formula is C20H18ClN5O2S. The molecule has 148 valence electrons. The van der Waals surface area contributed by atoms with Crippen LogP contribution in [0.4, 0.5) is 5.69 Å². The molecule has 9 heteroatoms. The highest BCUT2D eigenvalue weighted by molar-refractivity contribution is 7.17. The predicted molar refractivity (Wildman–Crippen MR) is 115 cm³/mol. The number of amides is 2. The first-order valence-electron chi connectivity index (χ1n) is 8.81. The number of thiophene rings is 1. The van der Waals surface area contributed by atoms with E-state index in [0.29, 0.717) is 28.6 Å². The number of carbonyl (C=O) groups is 2. The smallest absolute Gasteiger partial charge is 0.272 e. The average molecular weight is 428 g/mol. The number of carbonyl (C=O) groups excluding carboxylic acids is 2. The van der Waals surface area contributed by atoms with E-state index >= 15 is 0 Å². The fourth-order valence-corrected chi connectivity index (χ4v) is 4.42. The lowest BCUT2D eigenvalue weighted by molar-refractivity contribution is 0.0992. The van der Waals surface area contributed by atoms with Gasteiger partial charge in [-0.2, -0.15) is 5.10 Å². The van der Waals surface area contributed by atoms with Gasteiger partial charge in [-0.3, -0.25) is 14.3 Å². The van der Waals surface area contributed by atoms with Crippen LogP contribution in [0.25, 0.3) is 10.2 Å². The van der Waals surface area contributed by atoms with Crippen molar-refractivity contribution in [1.29, 1.82) is 0 Å². The number of hydrogen-bond acceptors (Lipinski definition) is 4. The molecule has 0 saturated heterocycles. The number of aryl methyl sites for hydroxylation is 2. The minimum atomic E-state index is -0.657. The van der Waals surface area contributed by atoms with Crippen LogP contribution in [0, 0.1) is 6.92 Å². The van der Waals surface area contributed by atoms with E-state index in [1.165, 1.54) is 4.68 Å². The summed E-state index contributed by atoms with van der Waals surface area (Å²) < 4.78 is 4.27. The summed E-state index contributed by atoms with van der Waals surface area (Å²) in [5.74, 6) is -1.00. The zero-order chi connectivity index (χ0) is 20.7. The summed E-state index contributed by atoms with van der Waals surface area (Å²) in [6, 6.07) is 11.3. The number of aromatic nitrogens is 3. The number of benzene rings is 1. The van der Waals surface area contributed by atoms with Gasteiger partial charge in [-0.15, -0.1) is 11.3 Å². The van der Waals surface area contributed by atoms with Gasteiger partial charge in [-0.25, -0.2) is 0 Å². The number of primary amides is 1. The molecule has 0 saturated carbocycles. The Balaban J connectivity index is 1.75. The van der Waals surface area contributed by atoms with E-state index in [9.17, 15) is 9.59 Å². The van der Waals surface area contributed by atoms with Crippen molar-refractivity contribution in [1.82, 2.24) is 14.3 Å². The molecule has 0 aliphatic carbocycles. The number of halogens is 1. The molecule has 0 aliphatic heterocycles. The molecule has 0 fully saturated rings. The normalized spacial score (nSPS) is 11.1. The number of nitrogens with zero attached hydrogens (tertiary/aromatic N) is 3. The zero-order valence-electron chi connectivity index (χ0n) is 15.8. The van der Waals surface area contributed by atoms with Gasteiger partial charge in [-0.05, 0) is 36.1 Å². The van der Waals surface area contributed by atoms with E-state index in [2.05, 4.69) is 10.4 Å². The first-order valence-corrected chi connectivity index (χ1v) is 10.1. The Morgan fingerprint density at radius 3 is 2.76 bits per heavy atom. The summed E-state index contributed by atoms with van der Waals surface area (Å²) >= 11 is 7.89. The Bertz CT molecular complexity index is 1250. The van der Waals surface area contributed by atoms with Crippen LogP contribution in [0.5, 0.6) is 0 Å². The first-order chi connectivity index (χ1) is 13.9. The molecule has 0 spiro atoms. The molecule has 0 bridgehead atoms. The van der Waals surface area contributed by atoms with E-state index in [1.807, 2.05) is 46.3 Å². The van der Waals surface area contributed by atoms with Gasteiger partial charge in [-0.1, -0.05) is 29.8 Å². The van der Waals surface area contributed by atoms with Crippen LogP contribution in [0.15, 0.2) is 41.8 Å². The average Bonchev–Trinajstić information content (AvgIpc) is 3.32. The quantitative estimate of drug-likeness (QED) is 0.507. The summed E-state index contributed by atoms with van der Waals surface area (Å²) in [5.41, 5.74) is 8.77. The Kier molecular flexibility index (Phi) is 4.89. The van der Waals surface area contributed by atoms with Gasteiger partial charge in [0.05, 0.1) is 21.6 Å². The van der Waals surface area contributed by atoms with Crippen molar-refractivity contribution in [3.8, 4) is 0 Å². The lowest BCUT2D eigenvalue weighted by Crippen LogP contribution is -2.22. The molecule has 2 amide bonds. The topological polar surface area (TPSA) is 94.9 Å². The van der Waals surface area contributed by atoms with Gasteiger partial charge in [0.15, 0.2) is 0 Å². The van der Waals surface area contributed by atoms with E-state index in [1.54, 1.807) is 25.3 Å². The maximum Gasteiger partial charge on any atom is 0.272 e. The summed E-state index contributed by atoms with van der Waals surface area (Å²) in [6.45, 7) is 2.15. The highest BCUT2D eigenvalue weighted by Gasteiger charge is 2.23. The van der Waals surface area contributed by atoms with Crippen LogP contribution in [0.3, 0.4) is 0 Å². The third kappa shape index (κ3) is 3.41. The monoisotopic (exact) mass is 427 g/mol. The van der Waals surface area contributed by atoms with E-state index in [-0.39, 0.29) is 11.6 Å². The minimum absolute atomic E-state index is 0.155.